The molecule has 0 spiro atoms. The molecule has 1 unspecified atom stereocenters. The number of hydrogen-bond donors (Lipinski definition) is 1. The summed E-state index contributed by atoms with van der Waals surface area (Å²) in [4.78, 5) is 24.1. The van der Waals surface area contributed by atoms with Gasteiger partial charge in [-0.05, 0) is 36.3 Å². The van der Waals surface area contributed by atoms with E-state index in [1.165, 1.54) is 0 Å². The van der Waals surface area contributed by atoms with Gasteiger partial charge < -0.3 is 0 Å². The number of benzene rings is 1. The van der Waals surface area contributed by atoms with E-state index in [1.807, 2.05) is 31.2 Å². The molecule has 0 bridgehead atoms. The van der Waals surface area contributed by atoms with Crippen LogP contribution in [0.25, 0.3) is 0 Å². The van der Waals surface area contributed by atoms with Crippen LogP contribution in [0.4, 0.5) is 0 Å². The van der Waals surface area contributed by atoms with E-state index in [-0.39, 0.29) is 23.1 Å². The molecule has 0 saturated carbocycles. The van der Waals surface area contributed by atoms with Crippen LogP contribution in [0.1, 0.15) is 50.2 Å². The van der Waals surface area contributed by atoms with Gasteiger partial charge in [-0.15, -0.1) is 0 Å². The van der Waals surface area contributed by atoms with Gasteiger partial charge in [-0.25, -0.2) is 0 Å². The molecule has 1 fully saturated rings. The molecule has 0 aliphatic carbocycles. The van der Waals surface area contributed by atoms with Crippen molar-refractivity contribution >= 4 is 11.8 Å². The largest absolute Gasteiger partial charge is 0.296 e. The second-order valence-corrected chi connectivity index (χ2v) is 5.45. The summed E-state index contributed by atoms with van der Waals surface area (Å²) in [5.41, 5.74) is 1.92. The number of aryl methyl sites for hydroxylation is 1. The fourth-order valence-corrected chi connectivity index (χ4v) is 3.24. The highest BCUT2D eigenvalue weighted by molar-refractivity contribution is 6.02. The van der Waals surface area contributed by atoms with Gasteiger partial charge in [0.25, 0.3) is 0 Å². The molecule has 1 aliphatic heterocycles. The molecule has 1 aromatic rings. The molecular formula is C16H21NO2. The van der Waals surface area contributed by atoms with Crippen molar-refractivity contribution in [3.8, 4) is 0 Å². The summed E-state index contributed by atoms with van der Waals surface area (Å²) in [5, 5.41) is 2.50. The minimum absolute atomic E-state index is 0.140. The first kappa shape index (κ1) is 13.8. The zero-order valence-electron chi connectivity index (χ0n) is 11.8. The first-order valence-electron chi connectivity index (χ1n) is 6.93. The van der Waals surface area contributed by atoms with Gasteiger partial charge in [-0.1, -0.05) is 38.1 Å². The Kier molecular flexibility index (Phi) is 3.74. The van der Waals surface area contributed by atoms with Crippen molar-refractivity contribution in [2.24, 2.45) is 5.41 Å². The summed E-state index contributed by atoms with van der Waals surface area (Å²) in [7, 11) is 0. The molecule has 1 atom stereocenters. The molecule has 2 amide bonds. The van der Waals surface area contributed by atoms with E-state index in [4.69, 9.17) is 0 Å². The fraction of sp³-hybridized carbons (Fsp3) is 0.500. The highest BCUT2D eigenvalue weighted by atomic mass is 16.2. The highest BCUT2D eigenvalue weighted by Gasteiger charge is 2.47. The van der Waals surface area contributed by atoms with Gasteiger partial charge in [0.15, 0.2) is 0 Å². The van der Waals surface area contributed by atoms with Crippen molar-refractivity contribution < 1.29 is 9.59 Å². The highest BCUT2D eigenvalue weighted by Crippen LogP contribution is 2.47. The topological polar surface area (TPSA) is 46.2 Å². The number of piperidine rings is 1. The van der Waals surface area contributed by atoms with E-state index in [2.05, 4.69) is 19.2 Å². The number of imide groups is 1. The van der Waals surface area contributed by atoms with E-state index < -0.39 is 0 Å². The van der Waals surface area contributed by atoms with Crippen LogP contribution in [-0.4, -0.2) is 11.8 Å². The molecular weight excluding hydrogens is 238 g/mol. The average Bonchev–Trinajstić information content (AvgIpc) is 2.39. The lowest BCUT2D eigenvalue weighted by molar-refractivity contribution is -0.140. The van der Waals surface area contributed by atoms with Gasteiger partial charge in [0, 0.05) is 6.42 Å². The molecule has 0 aromatic heterocycles. The van der Waals surface area contributed by atoms with Crippen molar-refractivity contribution in [3.05, 3.63) is 35.4 Å². The van der Waals surface area contributed by atoms with Crippen molar-refractivity contribution in [2.75, 3.05) is 0 Å². The number of rotatable bonds is 3. The first-order valence-corrected chi connectivity index (χ1v) is 6.93. The summed E-state index contributed by atoms with van der Waals surface area (Å²) in [5.74, 6) is -0.505. The van der Waals surface area contributed by atoms with Crippen molar-refractivity contribution in [3.63, 3.8) is 0 Å². The summed E-state index contributed by atoms with van der Waals surface area (Å²) in [6.45, 7) is 6.16. The number of amides is 2. The van der Waals surface area contributed by atoms with Crippen LogP contribution in [0.15, 0.2) is 24.3 Å². The van der Waals surface area contributed by atoms with Gasteiger partial charge >= 0.3 is 0 Å². The molecule has 1 N–H and O–H groups in total. The van der Waals surface area contributed by atoms with E-state index in [0.29, 0.717) is 6.42 Å². The minimum atomic E-state index is -0.245. The fourth-order valence-electron chi connectivity index (χ4n) is 3.24. The Bertz CT molecular complexity index is 503. The standard InChI is InChI=1S/C16H21NO2/c1-4-16(5-2)10-13(18)17-15(19)14(16)12-9-7-6-8-11(12)3/h6-9,14H,4-5,10H2,1-3H3,(H,17,18,19). The average molecular weight is 259 g/mol. The minimum Gasteiger partial charge on any atom is -0.296 e. The van der Waals surface area contributed by atoms with Crippen molar-refractivity contribution in [2.45, 2.75) is 46.0 Å². The summed E-state index contributed by atoms with van der Waals surface area (Å²) >= 11 is 0. The quantitative estimate of drug-likeness (QED) is 0.848. The van der Waals surface area contributed by atoms with E-state index in [1.54, 1.807) is 0 Å². The zero-order valence-corrected chi connectivity index (χ0v) is 11.8. The Labute approximate surface area is 114 Å². The maximum absolute atomic E-state index is 12.4. The Morgan fingerprint density at radius 2 is 1.84 bits per heavy atom. The predicted octanol–water partition coefficient (Wildman–Crippen LogP) is 2.93. The molecule has 1 aliphatic rings. The van der Waals surface area contributed by atoms with Crippen LogP contribution in [0.3, 0.4) is 0 Å². The molecule has 3 nitrogen and oxygen atoms in total. The Balaban J connectivity index is 2.53. The van der Waals surface area contributed by atoms with Gasteiger partial charge in [-0.2, -0.15) is 0 Å². The molecule has 1 heterocycles. The smallest absolute Gasteiger partial charge is 0.234 e. The van der Waals surface area contributed by atoms with Crippen LogP contribution < -0.4 is 5.32 Å². The normalized spacial score (nSPS) is 22.2. The third kappa shape index (κ3) is 2.29. The third-order valence-electron chi connectivity index (χ3n) is 4.56. The Morgan fingerprint density at radius 1 is 1.21 bits per heavy atom. The van der Waals surface area contributed by atoms with Crippen LogP contribution in [0.2, 0.25) is 0 Å². The predicted molar refractivity (Wildman–Crippen MR) is 74.7 cm³/mol. The van der Waals surface area contributed by atoms with E-state index in [0.717, 1.165) is 24.0 Å². The van der Waals surface area contributed by atoms with E-state index in [9.17, 15) is 9.59 Å². The summed E-state index contributed by atoms with van der Waals surface area (Å²) < 4.78 is 0. The molecule has 19 heavy (non-hydrogen) atoms. The lowest BCUT2D eigenvalue weighted by Gasteiger charge is -2.42. The van der Waals surface area contributed by atoms with Crippen LogP contribution in [0.5, 0.6) is 0 Å². The number of nitrogens with one attached hydrogen (secondary N) is 1. The van der Waals surface area contributed by atoms with Crippen LogP contribution >= 0.6 is 0 Å². The van der Waals surface area contributed by atoms with Crippen molar-refractivity contribution in [1.82, 2.24) is 5.32 Å². The Hall–Kier alpha value is -1.64. The second-order valence-electron chi connectivity index (χ2n) is 5.45. The number of carbonyl (C=O) groups is 2. The SMILES string of the molecule is CCC1(CC)CC(=O)NC(=O)C1c1ccccc1C. The molecule has 1 saturated heterocycles. The molecule has 102 valence electrons. The molecule has 1 aromatic carbocycles. The van der Waals surface area contributed by atoms with Gasteiger partial charge in [0.05, 0.1) is 5.92 Å². The van der Waals surface area contributed by atoms with Crippen molar-refractivity contribution in [1.29, 1.82) is 0 Å². The van der Waals surface area contributed by atoms with Crippen LogP contribution in [0, 0.1) is 12.3 Å². The zero-order chi connectivity index (χ0) is 14.0. The first-order chi connectivity index (χ1) is 9.04. The molecule has 0 radical (unpaired) electrons. The van der Waals surface area contributed by atoms with Gasteiger partial charge in [0.1, 0.15) is 0 Å². The van der Waals surface area contributed by atoms with Gasteiger partial charge in [0.2, 0.25) is 11.8 Å². The third-order valence-corrected chi connectivity index (χ3v) is 4.56. The van der Waals surface area contributed by atoms with Crippen LogP contribution in [-0.2, 0) is 9.59 Å². The summed E-state index contributed by atoms with van der Waals surface area (Å²) in [6.07, 6.45) is 2.11. The molecule has 3 heteroatoms. The molecule has 2 rings (SSSR count). The second kappa shape index (κ2) is 5.16. The van der Waals surface area contributed by atoms with E-state index >= 15 is 0 Å². The summed E-state index contributed by atoms with van der Waals surface area (Å²) in [6, 6.07) is 7.97. The van der Waals surface area contributed by atoms with Gasteiger partial charge in [-0.3, -0.25) is 14.9 Å². The monoisotopic (exact) mass is 259 g/mol. The lowest BCUT2D eigenvalue weighted by Crippen LogP contribution is -2.50. The number of hydrogen-bond acceptors (Lipinski definition) is 2. The Morgan fingerprint density at radius 3 is 2.42 bits per heavy atom. The lowest BCUT2D eigenvalue weighted by atomic mass is 9.63. The number of carbonyl (C=O) groups excluding carboxylic acids is 2. The maximum Gasteiger partial charge on any atom is 0.234 e. The maximum atomic E-state index is 12.4.